The van der Waals surface area contributed by atoms with Crippen LogP contribution in [-0.2, 0) is 10.8 Å². The lowest BCUT2D eigenvalue weighted by atomic mass is 9.93. The lowest BCUT2D eigenvalue weighted by molar-refractivity contribution is 0.189. The summed E-state index contributed by atoms with van der Waals surface area (Å²) < 4.78 is 14.5. The van der Waals surface area contributed by atoms with Gasteiger partial charge in [0, 0.05) is 49.7 Å². The van der Waals surface area contributed by atoms with E-state index in [-0.39, 0.29) is 0 Å². The largest absolute Gasteiger partial charge is 0.355 e. The van der Waals surface area contributed by atoms with Gasteiger partial charge in [-0.15, -0.1) is 0 Å². The number of piperidine rings is 1. The van der Waals surface area contributed by atoms with Crippen LogP contribution >= 0.6 is 0 Å². The smallest absolute Gasteiger partial charge is 0.193 e. The Morgan fingerprint density at radius 3 is 2.88 bits per heavy atom. The van der Waals surface area contributed by atoms with Crippen LogP contribution in [-0.4, -0.2) is 57.1 Å². The summed E-state index contributed by atoms with van der Waals surface area (Å²) in [4.78, 5) is 11.8. The summed E-state index contributed by atoms with van der Waals surface area (Å²) in [5.74, 6) is 2.05. The zero-order valence-corrected chi connectivity index (χ0v) is 16.2. The van der Waals surface area contributed by atoms with Gasteiger partial charge in [-0.05, 0) is 24.5 Å². The fourth-order valence-corrected chi connectivity index (χ4v) is 4.36. The van der Waals surface area contributed by atoms with Gasteiger partial charge in [0.1, 0.15) is 0 Å². The molecular weight excluding hydrogens is 346 g/mol. The Labute approximate surface area is 157 Å². The predicted octanol–water partition coefficient (Wildman–Crippen LogP) is 2.15. The Bertz CT molecular complexity index is 732. The van der Waals surface area contributed by atoms with Gasteiger partial charge in [-0.2, -0.15) is 0 Å². The SMILES string of the molecule is CN=C(NCCS(=O)c1ccccc1)N1CCC(C)C(n2ccnc2)C1. The van der Waals surface area contributed by atoms with Crippen molar-refractivity contribution in [2.75, 3.05) is 32.4 Å². The van der Waals surface area contributed by atoms with E-state index in [2.05, 4.69) is 31.7 Å². The highest BCUT2D eigenvalue weighted by Crippen LogP contribution is 2.27. The van der Waals surface area contributed by atoms with E-state index in [4.69, 9.17) is 0 Å². The molecule has 1 aliphatic rings. The second kappa shape index (κ2) is 8.98. The number of benzene rings is 1. The lowest BCUT2D eigenvalue weighted by Crippen LogP contribution is -2.49. The van der Waals surface area contributed by atoms with Crippen LogP contribution in [0.2, 0.25) is 0 Å². The normalized spacial score (nSPS) is 22.2. The second-order valence-electron chi connectivity index (χ2n) is 6.63. The number of likely N-dealkylation sites (tertiary alicyclic amines) is 1. The van der Waals surface area contributed by atoms with Gasteiger partial charge in [-0.1, -0.05) is 25.1 Å². The highest BCUT2D eigenvalue weighted by molar-refractivity contribution is 7.85. The Hall–Kier alpha value is -2.15. The fourth-order valence-electron chi connectivity index (χ4n) is 3.37. The van der Waals surface area contributed by atoms with Crippen LogP contribution in [0.3, 0.4) is 0 Å². The van der Waals surface area contributed by atoms with Gasteiger partial charge in [0.2, 0.25) is 0 Å². The first-order valence-corrected chi connectivity index (χ1v) is 10.4. The summed E-state index contributed by atoms with van der Waals surface area (Å²) in [7, 11) is 0.814. The minimum atomic E-state index is -0.992. The number of hydrogen-bond donors (Lipinski definition) is 1. The number of rotatable bonds is 5. The minimum absolute atomic E-state index is 0.392. The molecule has 0 amide bonds. The number of guanidine groups is 1. The van der Waals surface area contributed by atoms with Crippen LogP contribution in [0.5, 0.6) is 0 Å². The molecule has 0 bridgehead atoms. The van der Waals surface area contributed by atoms with Crippen LogP contribution in [0.4, 0.5) is 0 Å². The van der Waals surface area contributed by atoms with Crippen molar-refractivity contribution in [3.63, 3.8) is 0 Å². The van der Waals surface area contributed by atoms with Crippen LogP contribution < -0.4 is 5.32 Å². The monoisotopic (exact) mass is 373 g/mol. The first-order chi connectivity index (χ1) is 12.7. The van der Waals surface area contributed by atoms with Gasteiger partial charge in [-0.25, -0.2) is 4.98 Å². The summed E-state index contributed by atoms with van der Waals surface area (Å²) in [5.41, 5.74) is 0. The number of hydrogen-bond acceptors (Lipinski definition) is 3. The zero-order valence-electron chi connectivity index (χ0n) is 15.4. The maximum Gasteiger partial charge on any atom is 0.193 e. The average Bonchev–Trinajstić information content (AvgIpc) is 3.21. The van der Waals surface area contributed by atoms with E-state index in [1.807, 2.05) is 49.1 Å². The van der Waals surface area contributed by atoms with Crippen LogP contribution in [0, 0.1) is 5.92 Å². The van der Waals surface area contributed by atoms with E-state index < -0.39 is 10.8 Å². The molecule has 0 aliphatic carbocycles. The van der Waals surface area contributed by atoms with Crippen molar-refractivity contribution >= 4 is 16.8 Å². The molecule has 1 aromatic heterocycles. The summed E-state index contributed by atoms with van der Waals surface area (Å²) in [6.45, 7) is 4.81. The maximum atomic E-state index is 12.3. The van der Waals surface area contributed by atoms with Crippen LogP contribution in [0.15, 0.2) is 58.9 Å². The first kappa shape index (κ1) is 18.6. The third-order valence-electron chi connectivity index (χ3n) is 4.91. The van der Waals surface area contributed by atoms with Gasteiger partial charge < -0.3 is 14.8 Å². The van der Waals surface area contributed by atoms with Crippen molar-refractivity contribution in [1.82, 2.24) is 19.8 Å². The first-order valence-electron chi connectivity index (χ1n) is 9.05. The molecule has 3 rings (SSSR count). The quantitative estimate of drug-likeness (QED) is 0.644. The standard InChI is InChI=1S/C19H27N5OS/c1-16-8-11-23(14-18(16)24-12-9-21-15-24)19(20-2)22-10-13-26(25)17-6-4-3-5-7-17/h3-7,9,12,15-16,18H,8,10-11,13-14H2,1-2H3,(H,20,22). The Morgan fingerprint density at radius 1 is 1.38 bits per heavy atom. The lowest BCUT2D eigenvalue weighted by Gasteiger charge is -2.39. The zero-order chi connectivity index (χ0) is 18.4. The van der Waals surface area contributed by atoms with Gasteiger partial charge in [0.05, 0.1) is 23.2 Å². The molecule has 1 N–H and O–H groups in total. The molecule has 1 fully saturated rings. The number of aromatic nitrogens is 2. The molecule has 0 spiro atoms. The highest BCUT2D eigenvalue weighted by Gasteiger charge is 2.28. The van der Waals surface area contributed by atoms with Crippen LogP contribution in [0.25, 0.3) is 0 Å². The van der Waals surface area contributed by atoms with Crippen molar-refractivity contribution in [2.24, 2.45) is 10.9 Å². The summed E-state index contributed by atoms with van der Waals surface area (Å²) >= 11 is 0. The molecule has 6 nitrogen and oxygen atoms in total. The van der Waals surface area contributed by atoms with Crippen molar-refractivity contribution < 1.29 is 4.21 Å². The molecule has 1 aliphatic heterocycles. The molecule has 3 unspecified atom stereocenters. The number of nitrogens with zero attached hydrogens (tertiary/aromatic N) is 4. The Kier molecular flexibility index (Phi) is 6.44. The van der Waals surface area contributed by atoms with E-state index in [1.165, 1.54) is 0 Å². The van der Waals surface area contributed by atoms with Gasteiger partial charge in [0.15, 0.2) is 5.96 Å². The molecule has 1 aromatic carbocycles. The Morgan fingerprint density at radius 2 is 2.19 bits per heavy atom. The molecule has 26 heavy (non-hydrogen) atoms. The number of imidazole rings is 1. The summed E-state index contributed by atoms with van der Waals surface area (Å²) in [6, 6.07) is 9.99. The maximum absolute atomic E-state index is 12.3. The highest BCUT2D eigenvalue weighted by atomic mass is 32.2. The van der Waals surface area contributed by atoms with Crippen molar-refractivity contribution in [3.8, 4) is 0 Å². The van der Waals surface area contributed by atoms with Crippen LogP contribution in [0.1, 0.15) is 19.4 Å². The van der Waals surface area contributed by atoms with E-state index in [0.717, 1.165) is 30.4 Å². The third-order valence-corrected chi connectivity index (χ3v) is 6.29. The van der Waals surface area contributed by atoms with Crippen molar-refractivity contribution in [2.45, 2.75) is 24.3 Å². The number of nitrogens with one attached hydrogen (secondary N) is 1. The minimum Gasteiger partial charge on any atom is -0.355 e. The van der Waals surface area contributed by atoms with Crippen molar-refractivity contribution in [3.05, 3.63) is 49.1 Å². The van der Waals surface area contributed by atoms with Gasteiger partial charge in [-0.3, -0.25) is 9.20 Å². The molecule has 140 valence electrons. The summed E-state index contributed by atoms with van der Waals surface area (Å²) in [6.07, 6.45) is 6.87. The molecule has 3 atom stereocenters. The third kappa shape index (κ3) is 4.52. The van der Waals surface area contributed by atoms with Gasteiger partial charge in [0.25, 0.3) is 0 Å². The average molecular weight is 374 g/mol. The molecule has 2 aromatic rings. The molecule has 7 heteroatoms. The second-order valence-corrected chi connectivity index (χ2v) is 8.20. The van der Waals surface area contributed by atoms with E-state index >= 15 is 0 Å². The molecule has 0 saturated carbocycles. The van der Waals surface area contributed by atoms with Crippen molar-refractivity contribution in [1.29, 1.82) is 0 Å². The van der Waals surface area contributed by atoms with E-state index in [9.17, 15) is 4.21 Å². The predicted molar refractivity (Wildman–Crippen MR) is 106 cm³/mol. The molecule has 1 saturated heterocycles. The topological polar surface area (TPSA) is 62.5 Å². The van der Waals surface area contributed by atoms with Gasteiger partial charge >= 0.3 is 0 Å². The fraction of sp³-hybridized carbons (Fsp3) is 0.474. The molecule has 2 heterocycles. The van der Waals surface area contributed by atoms with E-state index in [1.54, 1.807) is 7.05 Å². The molecular formula is C19H27N5OS. The van der Waals surface area contributed by atoms with E-state index in [0.29, 0.717) is 24.3 Å². The number of aliphatic imine (C=N–C) groups is 1. The Balaban J connectivity index is 1.54. The molecule has 0 radical (unpaired) electrons. The summed E-state index contributed by atoms with van der Waals surface area (Å²) in [5, 5.41) is 3.38.